The number of methoxy groups -OCH3 is 2. The van der Waals surface area contributed by atoms with Crippen LogP contribution in [0.25, 0.3) is 22.0 Å². The van der Waals surface area contributed by atoms with Crippen molar-refractivity contribution in [3.63, 3.8) is 0 Å². The van der Waals surface area contributed by atoms with Gasteiger partial charge in [0.2, 0.25) is 0 Å². The Hall–Kier alpha value is -3.32. The van der Waals surface area contributed by atoms with Crippen molar-refractivity contribution in [1.29, 1.82) is 0 Å². The van der Waals surface area contributed by atoms with Crippen LogP contribution in [-0.2, 0) is 0 Å². The highest BCUT2D eigenvalue weighted by Crippen LogP contribution is 2.30. The van der Waals surface area contributed by atoms with Gasteiger partial charge >= 0.3 is 5.97 Å². The average Bonchev–Trinajstić information content (AvgIpc) is 2.67. The highest BCUT2D eigenvalue weighted by molar-refractivity contribution is 6.50. The minimum absolute atomic E-state index is 0.168. The number of carbonyl (C=O) groups is 1. The third kappa shape index (κ3) is 3.78. The van der Waals surface area contributed by atoms with Gasteiger partial charge in [-0.15, -0.1) is 0 Å². The first kappa shape index (κ1) is 18.5. The molecule has 1 heterocycles. The summed E-state index contributed by atoms with van der Waals surface area (Å²) in [5.74, 6) is 0.0360. The normalized spacial score (nSPS) is 11.4. The highest BCUT2D eigenvalue weighted by Gasteiger charge is 2.12. The molecule has 3 aromatic rings. The maximum Gasteiger partial charge on any atom is 0.335 e. The Morgan fingerprint density at radius 3 is 2.37 bits per heavy atom. The van der Waals surface area contributed by atoms with Crippen molar-refractivity contribution in [2.75, 3.05) is 14.2 Å². The monoisotopic (exact) mass is 386 g/mol. The first-order valence-corrected chi connectivity index (χ1v) is 8.17. The standard InChI is InChI=1S/C19H15ClN2O5/c1-26-15-8-12-14(9-16(15)27-2)21-17(22-18(12)23)13(20)7-10-3-5-11(6-4-10)19(24)25/h3-9H,1-2H3,(H,24,25)(H,21,22,23)/b13-7-. The number of nitrogens with zero attached hydrogens (tertiary/aromatic N) is 1. The van der Waals surface area contributed by atoms with E-state index in [1.165, 1.54) is 26.4 Å². The fraction of sp³-hybridized carbons (Fsp3) is 0.105. The van der Waals surface area contributed by atoms with E-state index in [9.17, 15) is 9.59 Å². The molecule has 0 aliphatic rings. The van der Waals surface area contributed by atoms with E-state index in [0.29, 0.717) is 28.0 Å². The second-order valence-electron chi connectivity index (χ2n) is 5.56. The van der Waals surface area contributed by atoms with Crippen LogP contribution < -0.4 is 15.0 Å². The van der Waals surface area contributed by atoms with Crippen molar-refractivity contribution in [2.24, 2.45) is 0 Å². The van der Waals surface area contributed by atoms with Crippen LogP contribution in [0.1, 0.15) is 21.7 Å². The van der Waals surface area contributed by atoms with Crippen LogP contribution in [0, 0.1) is 0 Å². The Kier molecular flexibility index (Phi) is 5.14. The molecule has 0 unspecified atom stereocenters. The number of aromatic nitrogens is 2. The van der Waals surface area contributed by atoms with Gasteiger partial charge in [-0.2, -0.15) is 0 Å². The molecule has 0 bridgehead atoms. The maximum absolute atomic E-state index is 12.4. The number of halogens is 1. The molecular weight excluding hydrogens is 372 g/mol. The molecular formula is C19H15ClN2O5. The van der Waals surface area contributed by atoms with Crippen molar-refractivity contribution in [3.8, 4) is 11.5 Å². The van der Waals surface area contributed by atoms with Crippen LogP contribution in [0.4, 0.5) is 0 Å². The largest absolute Gasteiger partial charge is 0.493 e. The average molecular weight is 387 g/mol. The second kappa shape index (κ2) is 7.51. The van der Waals surface area contributed by atoms with Crippen molar-refractivity contribution >= 4 is 39.6 Å². The van der Waals surface area contributed by atoms with Crippen LogP contribution in [0.3, 0.4) is 0 Å². The summed E-state index contributed by atoms with van der Waals surface area (Å²) in [7, 11) is 2.97. The lowest BCUT2D eigenvalue weighted by Gasteiger charge is -2.09. The Morgan fingerprint density at radius 1 is 1.15 bits per heavy atom. The summed E-state index contributed by atoms with van der Waals surface area (Å²) in [5.41, 5.74) is 0.865. The number of hydrogen-bond donors (Lipinski definition) is 2. The van der Waals surface area contributed by atoms with E-state index in [-0.39, 0.29) is 22.0 Å². The van der Waals surface area contributed by atoms with Crippen molar-refractivity contribution in [1.82, 2.24) is 9.97 Å². The molecule has 2 N–H and O–H groups in total. The zero-order valence-corrected chi connectivity index (χ0v) is 15.2. The molecule has 27 heavy (non-hydrogen) atoms. The number of aromatic carboxylic acids is 1. The summed E-state index contributed by atoms with van der Waals surface area (Å²) >= 11 is 6.30. The van der Waals surface area contributed by atoms with E-state index in [2.05, 4.69) is 9.97 Å². The molecule has 0 aliphatic carbocycles. The molecule has 3 rings (SSSR count). The van der Waals surface area contributed by atoms with Gasteiger partial charge in [-0.25, -0.2) is 9.78 Å². The molecule has 0 radical (unpaired) electrons. The number of nitrogens with one attached hydrogen (secondary N) is 1. The molecule has 0 spiro atoms. The van der Waals surface area contributed by atoms with Gasteiger partial charge in [0.1, 0.15) is 0 Å². The van der Waals surface area contributed by atoms with Gasteiger partial charge in [0.05, 0.1) is 35.7 Å². The quantitative estimate of drug-likeness (QED) is 0.697. The fourth-order valence-corrected chi connectivity index (χ4v) is 2.73. The lowest BCUT2D eigenvalue weighted by molar-refractivity contribution is 0.0697. The van der Waals surface area contributed by atoms with E-state index < -0.39 is 5.97 Å². The third-order valence-electron chi connectivity index (χ3n) is 3.89. The van der Waals surface area contributed by atoms with Crippen LogP contribution in [0.5, 0.6) is 11.5 Å². The van der Waals surface area contributed by atoms with E-state index in [4.69, 9.17) is 26.2 Å². The number of H-pyrrole nitrogens is 1. The van der Waals surface area contributed by atoms with E-state index >= 15 is 0 Å². The lowest BCUT2D eigenvalue weighted by Crippen LogP contribution is -2.11. The Balaban J connectivity index is 2.05. The first-order chi connectivity index (χ1) is 12.9. The summed E-state index contributed by atoms with van der Waals surface area (Å²) in [6, 6.07) is 9.29. The van der Waals surface area contributed by atoms with Gasteiger partial charge in [0.15, 0.2) is 17.3 Å². The minimum Gasteiger partial charge on any atom is -0.493 e. The number of carboxylic acids is 1. The third-order valence-corrected chi connectivity index (χ3v) is 4.18. The molecule has 0 aliphatic heterocycles. The molecule has 7 nitrogen and oxygen atoms in total. The SMILES string of the molecule is COc1cc2nc(/C(Cl)=C/c3ccc(C(=O)O)cc3)[nH]c(=O)c2cc1OC. The molecule has 8 heteroatoms. The number of carboxylic acid groups (broad SMARTS) is 1. The van der Waals surface area contributed by atoms with E-state index in [1.54, 1.807) is 30.3 Å². The number of rotatable bonds is 5. The predicted octanol–water partition coefficient (Wildman–Crippen LogP) is 3.38. The van der Waals surface area contributed by atoms with Crippen molar-refractivity contribution in [2.45, 2.75) is 0 Å². The van der Waals surface area contributed by atoms with Crippen molar-refractivity contribution < 1.29 is 19.4 Å². The van der Waals surface area contributed by atoms with E-state index in [0.717, 1.165) is 0 Å². The van der Waals surface area contributed by atoms with Crippen LogP contribution in [-0.4, -0.2) is 35.3 Å². The zero-order valence-electron chi connectivity index (χ0n) is 14.4. The Bertz CT molecular complexity index is 1100. The summed E-state index contributed by atoms with van der Waals surface area (Å²) in [6.07, 6.45) is 1.58. The summed E-state index contributed by atoms with van der Waals surface area (Å²) < 4.78 is 10.4. The molecule has 0 fully saturated rings. The number of fused-ring (bicyclic) bond motifs is 1. The zero-order chi connectivity index (χ0) is 19.6. The maximum atomic E-state index is 12.4. The van der Waals surface area contributed by atoms with Gasteiger partial charge in [0.25, 0.3) is 5.56 Å². The highest BCUT2D eigenvalue weighted by atomic mass is 35.5. The summed E-state index contributed by atoms with van der Waals surface area (Å²) in [6.45, 7) is 0. The number of hydrogen-bond acceptors (Lipinski definition) is 5. The predicted molar refractivity (Wildman–Crippen MR) is 103 cm³/mol. The van der Waals surface area contributed by atoms with Gasteiger partial charge in [-0.3, -0.25) is 4.79 Å². The molecule has 2 aromatic carbocycles. The van der Waals surface area contributed by atoms with E-state index in [1.807, 2.05) is 0 Å². The second-order valence-corrected chi connectivity index (χ2v) is 5.97. The Morgan fingerprint density at radius 2 is 1.78 bits per heavy atom. The first-order valence-electron chi connectivity index (χ1n) is 7.80. The van der Waals surface area contributed by atoms with Crippen LogP contribution in [0.2, 0.25) is 0 Å². The van der Waals surface area contributed by atoms with Crippen molar-refractivity contribution in [3.05, 3.63) is 63.7 Å². The Labute approximate surface area is 158 Å². The molecule has 138 valence electrons. The minimum atomic E-state index is -1.01. The smallest absolute Gasteiger partial charge is 0.335 e. The summed E-state index contributed by atoms with van der Waals surface area (Å²) in [4.78, 5) is 30.3. The van der Waals surface area contributed by atoms with Gasteiger partial charge < -0.3 is 19.6 Å². The van der Waals surface area contributed by atoms with Crippen LogP contribution >= 0.6 is 11.6 Å². The molecule has 0 saturated heterocycles. The topological polar surface area (TPSA) is 102 Å². The number of ether oxygens (including phenoxy) is 2. The molecule has 0 atom stereocenters. The van der Waals surface area contributed by atoms with Gasteiger partial charge in [0, 0.05) is 6.07 Å². The van der Waals surface area contributed by atoms with Gasteiger partial charge in [-0.1, -0.05) is 23.7 Å². The molecule has 0 amide bonds. The lowest BCUT2D eigenvalue weighted by atomic mass is 10.1. The summed E-state index contributed by atoms with van der Waals surface area (Å²) in [5, 5.41) is 9.48. The number of aromatic amines is 1. The number of benzene rings is 2. The van der Waals surface area contributed by atoms with Gasteiger partial charge in [-0.05, 0) is 29.8 Å². The molecule has 1 aromatic heterocycles. The molecule has 0 saturated carbocycles. The van der Waals surface area contributed by atoms with Crippen LogP contribution in [0.15, 0.2) is 41.2 Å². The fourth-order valence-electron chi connectivity index (χ4n) is 2.52.